The van der Waals surface area contributed by atoms with Gasteiger partial charge in [-0.1, -0.05) is 74.5 Å². The van der Waals surface area contributed by atoms with Gasteiger partial charge in [-0.25, -0.2) is 0 Å². The van der Waals surface area contributed by atoms with Gasteiger partial charge in [0, 0.05) is 19.5 Å². The van der Waals surface area contributed by atoms with Crippen LogP contribution in [0.5, 0.6) is 0 Å². The number of carbonyl (C=O) groups is 5. The minimum atomic E-state index is -1.01. The van der Waals surface area contributed by atoms with Crippen LogP contribution in [-0.2, 0) is 46.3 Å². The Morgan fingerprint density at radius 3 is 1.98 bits per heavy atom. The molecule has 0 spiro atoms. The van der Waals surface area contributed by atoms with E-state index in [0.717, 1.165) is 11.1 Å². The molecule has 0 saturated carbocycles. The van der Waals surface area contributed by atoms with Crippen LogP contribution in [-0.4, -0.2) is 104 Å². The number of epoxide rings is 1. The van der Waals surface area contributed by atoms with Crippen molar-refractivity contribution in [2.75, 3.05) is 46.0 Å². The van der Waals surface area contributed by atoms with Gasteiger partial charge in [0.25, 0.3) is 0 Å². The number of ether oxygens (including phenoxy) is 2. The third-order valence-electron chi connectivity index (χ3n) is 8.53. The summed E-state index contributed by atoms with van der Waals surface area (Å²) in [7, 11) is 0. The van der Waals surface area contributed by atoms with E-state index in [1.165, 1.54) is 0 Å². The van der Waals surface area contributed by atoms with Crippen molar-refractivity contribution in [1.29, 1.82) is 0 Å². The van der Waals surface area contributed by atoms with Gasteiger partial charge >= 0.3 is 0 Å². The van der Waals surface area contributed by atoms with Crippen LogP contribution in [0.15, 0.2) is 60.7 Å². The number of benzene rings is 2. The number of rotatable bonds is 18. The lowest BCUT2D eigenvalue weighted by atomic mass is 9.99. The minimum Gasteiger partial charge on any atom is -0.379 e. The van der Waals surface area contributed by atoms with Crippen molar-refractivity contribution in [1.82, 2.24) is 26.2 Å². The Labute approximate surface area is 282 Å². The van der Waals surface area contributed by atoms with Crippen molar-refractivity contribution in [2.45, 2.75) is 70.2 Å². The zero-order valence-corrected chi connectivity index (χ0v) is 28.2. The largest absolute Gasteiger partial charge is 0.379 e. The van der Waals surface area contributed by atoms with Gasteiger partial charge in [-0.05, 0) is 43.2 Å². The van der Waals surface area contributed by atoms with Crippen molar-refractivity contribution >= 4 is 29.4 Å². The number of hydrogen-bond donors (Lipinski definition) is 4. The fourth-order valence-corrected chi connectivity index (χ4v) is 5.48. The molecule has 48 heavy (non-hydrogen) atoms. The summed E-state index contributed by atoms with van der Waals surface area (Å²) >= 11 is 0. The summed E-state index contributed by atoms with van der Waals surface area (Å²) in [6, 6.07) is 16.0. The smallest absolute Gasteiger partial charge is 0.243 e. The number of ketones is 1. The minimum absolute atomic E-state index is 0.0260. The molecule has 0 aliphatic carbocycles. The number of hydrogen-bond acceptors (Lipinski definition) is 8. The Bertz CT molecular complexity index is 1380. The van der Waals surface area contributed by atoms with Crippen LogP contribution in [0.2, 0.25) is 0 Å². The summed E-state index contributed by atoms with van der Waals surface area (Å²) < 4.78 is 10.6. The number of Topliss-reactive ketones (excluding diaryl/α,β-unsaturated/α-hetero) is 1. The van der Waals surface area contributed by atoms with Gasteiger partial charge in [0.2, 0.25) is 23.6 Å². The molecule has 0 radical (unpaired) electrons. The second-order valence-electron chi connectivity index (χ2n) is 13.1. The van der Waals surface area contributed by atoms with Gasteiger partial charge in [0.05, 0.1) is 32.9 Å². The average Bonchev–Trinajstić information content (AvgIpc) is 3.84. The van der Waals surface area contributed by atoms with Crippen LogP contribution in [0.25, 0.3) is 0 Å². The van der Waals surface area contributed by atoms with Gasteiger partial charge in [0.1, 0.15) is 23.7 Å². The fourth-order valence-electron chi connectivity index (χ4n) is 5.48. The second kappa shape index (κ2) is 17.9. The molecule has 4 rings (SSSR count). The predicted octanol–water partition coefficient (Wildman–Crippen LogP) is 1.17. The quantitative estimate of drug-likeness (QED) is 0.173. The Hall–Kier alpha value is -4.13. The van der Waals surface area contributed by atoms with E-state index in [2.05, 4.69) is 21.3 Å². The molecule has 2 aromatic rings. The zero-order chi connectivity index (χ0) is 34.5. The topological polar surface area (TPSA) is 158 Å². The molecule has 0 aromatic heterocycles. The van der Waals surface area contributed by atoms with Crippen molar-refractivity contribution < 1.29 is 33.4 Å². The van der Waals surface area contributed by atoms with E-state index in [-0.39, 0.29) is 37.1 Å². The molecule has 4 amide bonds. The van der Waals surface area contributed by atoms with Gasteiger partial charge < -0.3 is 30.7 Å². The van der Waals surface area contributed by atoms with Crippen LogP contribution < -0.4 is 21.3 Å². The number of morpholine rings is 1. The zero-order valence-electron chi connectivity index (χ0n) is 28.2. The summed E-state index contributed by atoms with van der Waals surface area (Å²) in [5, 5.41) is 11.3. The van der Waals surface area contributed by atoms with Crippen molar-refractivity contribution in [3.8, 4) is 0 Å². The van der Waals surface area contributed by atoms with E-state index in [1.54, 1.807) is 6.92 Å². The van der Waals surface area contributed by atoms with E-state index in [4.69, 9.17) is 9.47 Å². The first kappa shape index (κ1) is 36.7. The lowest BCUT2D eigenvalue weighted by Crippen LogP contribution is -2.58. The Morgan fingerprint density at radius 1 is 0.792 bits per heavy atom. The number of aryl methyl sites for hydroxylation is 1. The van der Waals surface area contributed by atoms with E-state index in [1.807, 2.05) is 79.4 Å². The van der Waals surface area contributed by atoms with E-state index >= 15 is 0 Å². The third kappa shape index (κ3) is 11.8. The second-order valence-corrected chi connectivity index (χ2v) is 13.1. The maximum absolute atomic E-state index is 13.8. The van der Waals surface area contributed by atoms with Crippen molar-refractivity contribution in [3.63, 3.8) is 0 Å². The van der Waals surface area contributed by atoms with Crippen LogP contribution in [0.3, 0.4) is 0 Å². The maximum atomic E-state index is 13.8. The molecule has 2 heterocycles. The normalized spacial score (nSPS) is 19.4. The van der Waals surface area contributed by atoms with Crippen LogP contribution in [0.4, 0.5) is 0 Å². The Balaban J connectivity index is 1.46. The summed E-state index contributed by atoms with van der Waals surface area (Å²) in [5.74, 6) is -2.03. The highest BCUT2D eigenvalue weighted by Crippen LogP contribution is 2.26. The summed E-state index contributed by atoms with van der Waals surface area (Å²) in [6.45, 7) is 8.11. The maximum Gasteiger partial charge on any atom is 0.243 e. The van der Waals surface area contributed by atoms with E-state index in [0.29, 0.717) is 52.2 Å². The fraction of sp³-hybridized carbons (Fsp3) is 0.528. The molecular formula is C36H49N5O7. The molecular weight excluding hydrogens is 614 g/mol. The first-order valence-corrected chi connectivity index (χ1v) is 16.8. The number of nitrogens with one attached hydrogen (secondary N) is 4. The standard InChI is InChI=1S/C36H49N5O7/c1-25(2)20-29(35(46)40-30(21-27-12-8-5-9-13-27)33(44)37-22-31(42)36(3)24-48-36)39-34(45)28(15-14-26-10-6-4-7-11-26)38-32(43)23-41-16-18-47-19-17-41/h4-13,25,28-30H,14-24H2,1-3H3,(H,37,44)(H,38,43)(H,39,45)(H,40,46)/t28-,29?,30-,36-/m0/s1. The molecule has 12 heteroatoms. The number of carbonyl (C=O) groups excluding carboxylic acids is 5. The Morgan fingerprint density at radius 2 is 1.38 bits per heavy atom. The molecule has 2 fully saturated rings. The van der Waals surface area contributed by atoms with Gasteiger partial charge in [-0.15, -0.1) is 0 Å². The Kier molecular flexibility index (Phi) is 13.7. The highest BCUT2D eigenvalue weighted by atomic mass is 16.6. The highest BCUT2D eigenvalue weighted by Gasteiger charge is 2.46. The number of amides is 4. The molecule has 2 aliphatic heterocycles. The summed E-state index contributed by atoms with van der Waals surface area (Å²) in [6.07, 6.45) is 1.36. The molecule has 260 valence electrons. The lowest BCUT2D eigenvalue weighted by Gasteiger charge is -2.28. The van der Waals surface area contributed by atoms with Crippen LogP contribution >= 0.6 is 0 Å². The van der Waals surface area contributed by atoms with Gasteiger partial charge in [-0.2, -0.15) is 0 Å². The first-order chi connectivity index (χ1) is 23.0. The average molecular weight is 664 g/mol. The highest BCUT2D eigenvalue weighted by molar-refractivity contribution is 5.97. The first-order valence-electron chi connectivity index (χ1n) is 16.8. The van der Waals surface area contributed by atoms with Crippen molar-refractivity contribution in [3.05, 3.63) is 71.8 Å². The summed E-state index contributed by atoms with van der Waals surface area (Å²) in [5.41, 5.74) is 0.951. The third-order valence-corrected chi connectivity index (χ3v) is 8.53. The van der Waals surface area contributed by atoms with Crippen LogP contribution in [0.1, 0.15) is 44.7 Å². The lowest BCUT2D eigenvalue weighted by molar-refractivity contribution is -0.134. The SMILES string of the molecule is CC(C)CC(NC(=O)[C@H](CCc1ccccc1)NC(=O)CN1CCOCC1)C(=O)N[C@@H](Cc1ccccc1)C(=O)NCC(=O)[C@]1(C)CO1. The molecule has 2 saturated heterocycles. The van der Waals surface area contributed by atoms with Crippen LogP contribution in [0, 0.1) is 5.92 Å². The molecule has 4 atom stereocenters. The van der Waals surface area contributed by atoms with E-state index < -0.39 is 41.4 Å². The van der Waals surface area contributed by atoms with E-state index in [9.17, 15) is 24.0 Å². The number of nitrogens with zero attached hydrogens (tertiary/aromatic N) is 1. The molecule has 2 aromatic carbocycles. The molecule has 12 nitrogen and oxygen atoms in total. The summed E-state index contributed by atoms with van der Waals surface area (Å²) in [4.78, 5) is 68.5. The predicted molar refractivity (Wildman–Crippen MR) is 180 cm³/mol. The van der Waals surface area contributed by atoms with Gasteiger partial charge in [-0.3, -0.25) is 28.9 Å². The monoisotopic (exact) mass is 663 g/mol. The van der Waals surface area contributed by atoms with Crippen molar-refractivity contribution in [2.24, 2.45) is 5.92 Å². The molecule has 0 bridgehead atoms. The molecule has 1 unspecified atom stereocenters. The van der Waals surface area contributed by atoms with Gasteiger partial charge in [0.15, 0.2) is 5.78 Å². The molecule has 4 N–H and O–H groups in total. The molecule has 2 aliphatic rings.